The molecule has 1 aromatic rings. The van der Waals surface area contributed by atoms with Crippen LogP contribution in [0.1, 0.15) is 31.2 Å². The van der Waals surface area contributed by atoms with Crippen LogP contribution in [0.4, 0.5) is 5.69 Å². The monoisotopic (exact) mass is 247 g/mol. The van der Waals surface area contributed by atoms with Gasteiger partial charge in [-0.15, -0.1) is 0 Å². The zero-order valence-electron chi connectivity index (χ0n) is 10.9. The SMILES string of the molecule is COc1cccc2c1CC(O)C(C1CCCC1)N2. The molecule has 0 bridgehead atoms. The Morgan fingerprint density at radius 1 is 1.28 bits per heavy atom. The first kappa shape index (κ1) is 11.8. The van der Waals surface area contributed by atoms with Gasteiger partial charge in [0.05, 0.1) is 19.3 Å². The fourth-order valence-electron chi connectivity index (χ4n) is 3.46. The Labute approximate surface area is 108 Å². The molecule has 0 radical (unpaired) electrons. The molecular formula is C15H21NO2. The quantitative estimate of drug-likeness (QED) is 0.844. The van der Waals surface area contributed by atoms with E-state index in [0.717, 1.165) is 17.0 Å². The molecule has 2 N–H and O–H groups in total. The van der Waals surface area contributed by atoms with Gasteiger partial charge in [-0.25, -0.2) is 0 Å². The van der Waals surface area contributed by atoms with Gasteiger partial charge in [0, 0.05) is 17.7 Å². The molecule has 0 spiro atoms. The van der Waals surface area contributed by atoms with Gasteiger partial charge in [-0.3, -0.25) is 0 Å². The third kappa shape index (κ3) is 1.97. The van der Waals surface area contributed by atoms with Crippen molar-refractivity contribution in [2.75, 3.05) is 12.4 Å². The van der Waals surface area contributed by atoms with Crippen LogP contribution in [0.2, 0.25) is 0 Å². The zero-order valence-corrected chi connectivity index (χ0v) is 10.9. The van der Waals surface area contributed by atoms with Crippen LogP contribution in [-0.2, 0) is 6.42 Å². The lowest BCUT2D eigenvalue weighted by Crippen LogP contribution is -2.43. The van der Waals surface area contributed by atoms with Crippen LogP contribution in [-0.4, -0.2) is 24.4 Å². The molecule has 0 aromatic heterocycles. The summed E-state index contributed by atoms with van der Waals surface area (Å²) in [6.07, 6.45) is 5.51. The predicted octanol–water partition coefficient (Wildman–Crippen LogP) is 2.58. The largest absolute Gasteiger partial charge is 0.496 e. The summed E-state index contributed by atoms with van der Waals surface area (Å²) in [6, 6.07) is 6.27. The van der Waals surface area contributed by atoms with E-state index in [9.17, 15) is 5.11 Å². The summed E-state index contributed by atoms with van der Waals surface area (Å²) >= 11 is 0. The Balaban J connectivity index is 1.87. The number of aliphatic hydroxyl groups is 1. The minimum atomic E-state index is -0.295. The van der Waals surface area contributed by atoms with Crippen LogP contribution in [0.25, 0.3) is 0 Å². The number of hydrogen-bond acceptors (Lipinski definition) is 3. The van der Waals surface area contributed by atoms with Crippen molar-refractivity contribution >= 4 is 5.69 Å². The van der Waals surface area contributed by atoms with Crippen molar-refractivity contribution < 1.29 is 9.84 Å². The first-order valence-corrected chi connectivity index (χ1v) is 6.90. The molecule has 98 valence electrons. The van der Waals surface area contributed by atoms with Gasteiger partial charge in [-0.05, 0) is 30.9 Å². The summed E-state index contributed by atoms with van der Waals surface area (Å²) in [5.41, 5.74) is 2.25. The fraction of sp³-hybridized carbons (Fsp3) is 0.600. The van der Waals surface area contributed by atoms with Crippen LogP contribution in [0, 0.1) is 5.92 Å². The Morgan fingerprint density at radius 3 is 2.78 bits per heavy atom. The topological polar surface area (TPSA) is 41.5 Å². The number of ether oxygens (including phenoxy) is 1. The third-order valence-electron chi connectivity index (χ3n) is 4.41. The second-order valence-corrected chi connectivity index (χ2v) is 5.47. The highest BCUT2D eigenvalue weighted by atomic mass is 16.5. The molecule has 1 fully saturated rings. The van der Waals surface area contributed by atoms with E-state index >= 15 is 0 Å². The first-order chi connectivity index (χ1) is 8.79. The highest BCUT2D eigenvalue weighted by molar-refractivity contribution is 5.60. The van der Waals surface area contributed by atoms with E-state index in [2.05, 4.69) is 11.4 Å². The van der Waals surface area contributed by atoms with E-state index in [1.54, 1.807) is 7.11 Å². The van der Waals surface area contributed by atoms with Crippen LogP contribution < -0.4 is 10.1 Å². The Morgan fingerprint density at radius 2 is 2.06 bits per heavy atom. The summed E-state index contributed by atoms with van der Waals surface area (Å²) in [5.74, 6) is 1.50. The van der Waals surface area contributed by atoms with E-state index < -0.39 is 0 Å². The number of benzene rings is 1. The second-order valence-electron chi connectivity index (χ2n) is 5.47. The molecule has 1 saturated carbocycles. The number of nitrogens with one attached hydrogen (secondary N) is 1. The number of rotatable bonds is 2. The van der Waals surface area contributed by atoms with Crippen molar-refractivity contribution in [1.29, 1.82) is 0 Å². The number of methoxy groups -OCH3 is 1. The Kier molecular flexibility index (Phi) is 3.16. The van der Waals surface area contributed by atoms with Crippen molar-refractivity contribution in [2.45, 2.75) is 44.2 Å². The van der Waals surface area contributed by atoms with Gasteiger partial charge < -0.3 is 15.2 Å². The van der Waals surface area contributed by atoms with Crippen LogP contribution >= 0.6 is 0 Å². The predicted molar refractivity (Wildman–Crippen MR) is 72.1 cm³/mol. The summed E-state index contributed by atoms with van der Waals surface area (Å²) in [6.45, 7) is 0. The molecule has 1 aliphatic carbocycles. The molecule has 1 aliphatic heterocycles. The summed E-state index contributed by atoms with van der Waals surface area (Å²) < 4.78 is 5.37. The molecule has 2 unspecified atom stereocenters. The van der Waals surface area contributed by atoms with Gasteiger partial charge in [0.25, 0.3) is 0 Å². The summed E-state index contributed by atoms with van der Waals surface area (Å²) in [5, 5.41) is 13.9. The average Bonchev–Trinajstić information content (AvgIpc) is 2.91. The summed E-state index contributed by atoms with van der Waals surface area (Å²) in [4.78, 5) is 0. The molecule has 0 saturated heterocycles. The molecule has 18 heavy (non-hydrogen) atoms. The van der Waals surface area contributed by atoms with E-state index in [4.69, 9.17) is 4.74 Å². The van der Waals surface area contributed by atoms with Gasteiger partial charge >= 0.3 is 0 Å². The van der Waals surface area contributed by atoms with Gasteiger partial charge in [0.15, 0.2) is 0 Å². The molecule has 3 rings (SSSR count). The average molecular weight is 247 g/mol. The maximum Gasteiger partial charge on any atom is 0.124 e. The van der Waals surface area contributed by atoms with Gasteiger partial charge in [-0.1, -0.05) is 18.9 Å². The minimum Gasteiger partial charge on any atom is -0.496 e. The maximum absolute atomic E-state index is 10.4. The van der Waals surface area contributed by atoms with E-state index in [1.807, 2.05) is 12.1 Å². The molecule has 3 nitrogen and oxygen atoms in total. The van der Waals surface area contributed by atoms with Gasteiger partial charge in [0.2, 0.25) is 0 Å². The number of hydrogen-bond donors (Lipinski definition) is 2. The molecule has 0 amide bonds. The normalized spacial score (nSPS) is 27.7. The second kappa shape index (κ2) is 4.81. The van der Waals surface area contributed by atoms with Gasteiger partial charge in [0.1, 0.15) is 5.75 Å². The van der Waals surface area contributed by atoms with Crippen molar-refractivity contribution in [3.63, 3.8) is 0 Å². The fourth-order valence-corrected chi connectivity index (χ4v) is 3.46. The van der Waals surface area contributed by atoms with Crippen LogP contribution in [0.15, 0.2) is 18.2 Å². The van der Waals surface area contributed by atoms with E-state index in [1.165, 1.54) is 25.7 Å². The summed E-state index contributed by atoms with van der Waals surface area (Å²) in [7, 11) is 1.69. The Bertz CT molecular complexity index is 427. The maximum atomic E-state index is 10.4. The lowest BCUT2D eigenvalue weighted by Gasteiger charge is -2.36. The lowest BCUT2D eigenvalue weighted by molar-refractivity contribution is 0.122. The van der Waals surface area contributed by atoms with Gasteiger partial charge in [-0.2, -0.15) is 0 Å². The standard InChI is InChI=1S/C15H21NO2/c1-18-14-8-4-7-12-11(14)9-13(17)15(16-12)10-5-2-3-6-10/h4,7-8,10,13,15-17H,2-3,5-6,9H2,1H3. The van der Waals surface area contributed by atoms with E-state index in [0.29, 0.717) is 12.3 Å². The zero-order chi connectivity index (χ0) is 12.5. The third-order valence-corrected chi connectivity index (χ3v) is 4.41. The molecule has 1 heterocycles. The van der Waals surface area contributed by atoms with Crippen molar-refractivity contribution in [3.8, 4) is 5.75 Å². The van der Waals surface area contributed by atoms with E-state index in [-0.39, 0.29) is 12.1 Å². The van der Waals surface area contributed by atoms with Crippen molar-refractivity contribution in [3.05, 3.63) is 23.8 Å². The van der Waals surface area contributed by atoms with Crippen LogP contribution in [0.3, 0.4) is 0 Å². The molecule has 3 heteroatoms. The first-order valence-electron chi connectivity index (χ1n) is 6.90. The Hall–Kier alpha value is -1.22. The minimum absolute atomic E-state index is 0.215. The molecule has 1 aromatic carbocycles. The smallest absolute Gasteiger partial charge is 0.124 e. The van der Waals surface area contributed by atoms with Crippen molar-refractivity contribution in [1.82, 2.24) is 0 Å². The highest BCUT2D eigenvalue weighted by Gasteiger charge is 2.35. The molecular weight excluding hydrogens is 226 g/mol. The highest BCUT2D eigenvalue weighted by Crippen LogP contribution is 2.38. The lowest BCUT2D eigenvalue weighted by atomic mass is 9.86. The van der Waals surface area contributed by atoms with Crippen LogP contribution in [0.5, 0.6) is 5.75 Å². The number of aliphatic hydroxyl groups excluding tert-OH is 1. The van der Waals surface area contributed by atoms with Crippen molar-refractivity contribution in [2.24, 2.45) is 5.92 Å². The number of anilines is 1. The molecule has 2 aliphatic rings. The molecule has 2 atom stereocenters. The number of fused-ring (bicyclic) bond motifs is 1.